The lowest BCUT2D eigenvalue weighted by Gasteiger charge is -2.03. The van der Waals surface area contributed by atoms with Crippen molar-refractivity contribution in [1.82, 2.24) is 9.94 Å². The summed E-state index contributed by atoms with van der Waals surface area (Å²) >= 11 is 0. The van der Waals surface area contributed by atoms with E-state index in [0.717, 1.165) is 4.85 Å². The van der Waals surface area contributed by atoms with Gasteiger partial charge in [-0.2, -0.15) is 0 Å². The summed E-state index contributed by atoms with van der Waals surface area (Å²) in [7, 11) is 0. The monoisotopic (exact) mass is 166 g/mol. The number of aromatic nitrogens is 2. The summed E-state index contributed by atoms with van der Waals surface area (Å²) in [6.07, 6.45) is 3.96. The lowest BCUT2D eigenvalue weighted by molar-refractivity contribution is 0.0642. The minimum Gasteiger partial charge on any atom is -0.393 e. The molecule has 1 aliphatic carbocycles. The average Bonchev–Trinajstić information content (AvgIpc) is 2.86. The molecule has 0 radical (unpaired) electrons. The van der Waals surface area contributed by atoms with Gasteiger partial charge in [-0.3, -0.25) is 4.79 Å². The zero-order valence-electron chi connectivity index (χ0n) is 6.64. The lowest BCUT2D eigenvalue weighted by atomic mass is 10.5. The molecule has 0 saturated heterocycles. The first-order chi connectivity index (χ1) is 5.86. The van der Waals surface area contributed by atoms with E-state index in [-0.39, 0.29) is 5.56 Å². The number of hydrogen-bond donors (Lipinski definition) is 0. The highest BCUT2D eigenvalue weighted by atomic mass is 16.7. The second-order valence-electron chi connectivity index (χ2n) is 2.97. The lowest BCUT2D eigenvalue weighted by Crippen LogP contribution is -2.29. The fraction of sp³-hybridized carbons (Fsp3) is 0.500. The summed E-state index contributed by atoms with van der Waals surface area (Å²) in [4.78, 5) is 17.2. The first kappa shape index (κ1) is 7.34. The number of nitrogens with zero attached hydrogens (tertiary/aromatic N) is 2. The van der Waals surface area contributed by atoms with Crippen LogP contribution < -0.4 is 10.4 Å². The van der Waals surface area contributed by atoms with Crippen LogP contribution in [0.25, 0.3) is 0 Å². The Bertz CT molecular complexity index is 317. The molecule has 12 heavy (non-hydrogen) atoms. The predicted octanol–water partition coefficient (Wildman–Crippen LogP) is 0.0819. The van der Waals surface area contributed by atoms with E-state index in [4.69, 9.17) is 4.84 Å². The van der Waals surface area contributed by atoms with E-state index >= 15 is 0 Å². The third-order valence-electron chi connectivity index (χ3n) is 1.81. The maximum absolute atomic E-state index is 11.0. The molecule has 0 spiro atoms. The highest BCUT2D eigenvalue weighted by Crippen LogP contribution is 2.27. The SMILES string of the molecule is O=c1cccnn1OCC1CC1. The average molecular weight is 166 g/mol. The molecule has 1 saturated carbocycles. The summed E-state index contributed by atoms with van der Waals surface area (Å²) in [6, 6.07) is 3.03. The molecule has 0 amide bonds. The molecule has 0 bridgehead atoms. The highest BCUT2D eigenvalue weighted by Gasteiger charge is 2.22. The highest BCUT2D eigenvalue weighted by molar-refractivity contribution is 4.83. The molecule has 1 aliphatic rings. The van der Waals surface area contributed by atoms with Gasteiger partial charge in [-0.05, 0) is 24.8 Å². The van der Waals surface area contributed by atoms with E-state index in [0.29, 0.717) is 12.5 Å². The Morgan fingerprint density at radius 2 is 2.50 bits per heavy atom. The Balaban J connectivity index is 2.01. The van der Waals surface area contributed by atoms with Gasteiger partial charge >= 0.3 is 5.56 Å². The van der Waals surface area contributed by atoms with E-state index in [2.05, 4.69) is 5.10 Å². The van der Waals surface area contributed by atoms with Crippen molar-refractivity contribution in [2.45, 2.75) is 12.8 Å². The molecule has 2 rings (SSSR count). The fourth-order valence-corrected chi connectivity index (χ4v) is 0.903. The fourth-order valence-electron chi connectivity index (χ4n) is 0.903. The van der Waals surface area contributed by atoms with Crippen LogP contribution in [0.5, 0.6) is 0 Å². The van der Waals surface area contributed by atoms with Crippen molar-refractivity contribution in [1.29, 1.82) is 0 Å². The van der Waals surface area contributed by atoms with Crippen LogP contribution in [0.2, 0.25) is 0 Å². The van der Waals surface area contributed by atoms with E-state index in [9.17, 15) is 4.79 Å². The van der Waals surface area contributed by atoms with Crippen molar-refractivity contribution in [2.24, 2.45) is 5.92 Å². The van der Waals surface area contributed by atoms with Gasteiger partial charge in [0.15, 0.2) is 0 Å². The predicted molar refractivity (Wildman–Crippen MR) is 42.7 cm³/mol. The van der Waals surface area contributed by atoms with Crippen LogP contribution in [-0.2, 0) is 0 Å². The first-order valence-electron chi connectivity index (χ1n) is 4.04. The molecule has 1 aromatic rings. The second kappa shape index (κ2) is 2.97. The van der Waals surface area contributed by atoms with E-state index in [1.165, 1.54) is 25.1 Å². The maximum atomic E-state index is 11.0. The van der Waals surface area contributed by atoms with Crippen molar-refractivity contribution >= 4 is 0 Å². The maximum Gasteiger partial charge on any atom is 0.303 e. The normalized spacial score (nSPS) is 16.0. The van der Waals surface area contributed by atoms with Crippen LogP contribution in [0.3, 0.4) is 0 Å². The van der Waals surface area contributed by atoms with Crippen LogP contribution in [0, 0.1) is 5.92 Å². The molecule has 4 heteroatoms. The second-order valence-corrected chi connectivity index (χ2v) is 2.97. The van der Waals surface area contributed by atoms with Gasteiger partial charge in [0.05, 0.1) is 6.20 Å². The van der Waals surface area contributed by atoms with Crippen molar-refractivity contribution in [2.75, 3.05) is 6.61 Å². The number of rotatable bonds is 3. The van der Waals surface area contributed by atoms with Crippen LogP contribution in [0.15, 0.2) is 23.1 Å². The molecule has 0 unspecified atom stereocenters. The summed E-state index contributed by atoms with van der Waals surface area (Å²) < 4.78 is 0. The molecule has 0 atom stereocenters. The van der Waals surface area contributed by atoms with E-state index in [1.54, 1.807) is 6.07 Å². The standard InChI is InChI=1S/C8H10N2O2/c11-8-2-1-5-9-10(8)12-6-7-3-4-7/h1-2,5,7H,3-4,6H2. The molecule has 64 valence electrons. The van der Waals surface area contributed by atoms with Gasteiger partial charge in [-0.1, -0.05) is 4.85 Å². The summed E-state index contributed by atoms with van der Waals surface area (Å²) in [5.41, 5.74) is -0.210. The van der Waals surface area contributed by atoms with Crippen molar-refractivity contribution < 1.29 is 4.84 Å². The quantitative estimate of drug-likeness (QED) is 0.638. The Morgan fingerprint density at radius 3 is 3.17 bits per heavy atom. The Labute approximate surface area is 69.7 Å². The molecule has 1 aromatic heterocycles. The van der Waals surface area contributed by atoms with Gasteiger partial charge < -0.3 is 4.84 Å². The topological polar surface area (TPSA) is 44.1 Å². The van der Waals surface area contributed by atoms with Crippen molar-refractivity contribution in [3.8, 4) is 0 Å². The van der Waals surface area contributed by atoms with Crippen LogP contribution in [0.1, 0.15) is 12.8 Å². The first-order valence-corrected chi connectivity index (χ1v) is 4.04. The van der Waals surface area contributed by atoms with Gasteiger partial charge in [0.25, 0.3) is 0 Å². The summed E-state index contributed by atoms with van der Waals surface area (Å²) in [5.74, 6) is 0.638. The van der Waals surface area contributed by atoms with Crippen molar-refractivity contribution in [3.63, 3.8) is 0 Å². The minimum atomic E-state index is -0.210. The van der Waals surface area contributed by atoms with Crippen molar-refractivity contribution in [3.05, 3.63) is 28.7 Å². The third-order valence-corrected chi connectivity index (χ3v) is 1.81. The Morgan fingerprint density at radius 1 is 1.67 bits per heavy atom. The van der Waals surface area contributed by atoms with Gasteiger partial charge in [-0.15, -0.1) is 5.10 Å². The molecule has 1 fully saturated rings. The van der Waals surface area contributed by atoms with Gasteiger partial charge in [0.1, 0.15) is 6.61 Å². The van der Waals surface area contributed by atoms with Crippen LogP contribution >= 0.6 is 0 Å². The molecule has 4 nitrogen and oxygen atoms in total. The summed E-state index contributed by atoms with van der Waals surface area (Å²) in [5, 5.41) is 3.76. The van der Waals surface area contributed by atoms with Gasteiger partial charge in [0.2, 0.25) is 0 Å². The number of hydrogen-bond acceptors (Lipinski definition) is 3. The van der Waals surface area contributed by atoms with E-state index in [1.807, 2.05) is 0 Å². The smallest absolute Gasteiger partial charge is 0.303 e. The molecule has 0 N–H and O–H groups in total. The molecular weight excluding hydrogens is 156 g/mol. The minimum absolute atomic E-state index is 0.210. The zero-order chi connectivity index (χ0) is 8.39. The third kappa shape index (κ3) is 1.64. The van der Waals surface area contributed by atoms with Gasteiger partial charge in [-0.25, -0.2) is 0 Å². The van der Waals surface area contributed by atoms with Gasteiger partial charge in [0, 0.05) is 6.07 Å². The van der Waals surface area contributed by atoms with E-state index < -0.39 is 0 Å². The van der Waals surface area contributed by atoms with Crippen LogP contribution in [-0.4, -0.2) is 16.6 Å². The largest absolute Gasteiger partial charge is 0.393 e. The molecule has 1 heterocycles. The zero-order valence-corrected chi connectivity index (χ0v) is 6.64. The summed E-state index contributed by atoms with van der Waals surface area (Å²) in [6.45, 7) is 0.608. The Kier molecular flexibility index (Phi) is 1.81. The molecular formula is C8H10N2O2. The van der Waals surface area contributed by atoms with Crippen LogP contribution in [0.4, 0.5) is 0 Å². The molecule has 0 aromatic carbocycles. The molecule has 0 aliphatic heterocycles. The Hall–Kier alpha value is -1.32.